The van der Waals surface area contributed by atoms with Crippen LogP contribution in [0.5, 0.6) is 0 Å². The van der Waals surface area contributed by atoms with E-state index in [0.717, 1.165) is 0 Å². The molecule has 0 aromatic heterocycles. The lowest BCUT2D eigenvalue weighted by atomic mass is 10.0. The molecule has 1 unspecified atom stereocenters. The summed E-state index contributed by atoms with van der Waals surface area (Å²) < 4.78 is 0. The maximum absolute atomic E-state index is 10.2. The number of aliphatic carboxylic acids is 1. The van der Waals surface area contributed by atoms with Crippen molar-refractivity contribution >= 4 is 5.97 Å². The predicted molar refractivity (Wildman–Crippen MR) is 40.7 cm³/mol. The van der Waals surface area contributed by atoms with E-state index in [4.69, 9.17) is 31.3 Å². The van der Waals surface area contributed by atoms with Crippen molar-refractivity contribution in [3.63, 3.8) is 0 Å². The molecule has 0 heterocycles. The van der Waals surface area contributed by atoms with Gasteiger partial charge < -0.3 is 31.3 Å². The molecule has 0 saturated heterocycles. The van der Waals surface area contributed by atoms with E-state index in [0.29, 0.717) is 0 Å². The number of carboxylic acids is 1. The van der Waals surface area contributed by atoms with E-state index in [9.17, 15) is 4.79 Å². The molecule has 0 fully saturated rings. The highest BCUT2D eigenvalue weighted by atomic mass is 16.4. The summed E-state index contributed by atoms with van der Waals surface area (Å²) in [4.78, 5) is 10.2. The Morgan fingerprint density at radius 2 is 1.69 bits per heavy atom. The summed E-state index contributed by atoms with van der Waals surface area (Å²) in [6.07, 6.45) is -5.21. The first kappa shape index (κ1) is 12.3. The summed E-state index contributed by atoms with van der Waals surface area (Å²) in [6, 6.07) is -1.70. The molecule has 0 radical (unpaired) electrons. The van der Waals surface area contributed by atoms with Gasteiger partial charge in [0.05, 0.1) is 6.61 Å². The van der Waals surface area contributed by atoms with Gasteiger partial charge in [0.1, 0.15) is 24.4 Å². The Morgan fingerprint density at radius 3 is 2.00 bits per heavy atom. The Bertz CT molecular complexity index is 175. The highest BCUT2D eigenvalue weighted by Crippen LogP contribution is 2.03. The van der Waals surface area contributed by atoms with Crippen LogP contribution >= 0.6 is 0 Å². The van der Waals surface area contributed by atoms with Gasteiger partial charge in [-0.2, -0.15) is 0 Å². The number of hydrogen-bond acceptors (Lipinski definition) is 6. The van der Waals surface area contributed by atoms with Crippen molar-refractivity contribution in [2.75, 3.05) is 6.61 Å². The molecule has 0 aliphatic heterocycles. The first-order valence-electron chi connectivity index (χ1n) is 3.55. The van der Waals surface area contributed by atoms with Crippen molar-refractivity contribution in [3.8, 4) is 0 Å². The topological polar surface area (TPSA) is 144 Å². The average molecular weight is 195 g/mol. The molecule has 0 bridgehead atoms. The lowest BCUT2D eigenvalue weighted by Crippen LogP contribution is -2.52. The second-order valence-corrected chi connectivity index (χ2v) is 2.60. The van der Waals surface area contributed by atoms with Gasteiger partial charge in [-0.05, 0) is 0 Å². The number of aliphatic hydroxyl groups excluding tert-OH is 4. The lowest BCUT2D eigenvalue weighted by Gasteiger charge is -2.23. The Morgan fingerprint density at radius 1 is 1.23 bits per heavy atom. The Labute approximate surface area is 74.0 Å². The number of hydrogen-bond donors (Lipinski definition) is 6. The Hall–Kier alpha value is -0.730. The third kappa shape index (κ3) is 3.25. The van der Waals surface area contributed by atoms with Crippen LogP contribution in [-0.4, -0.2) is 62.5 Å². The van der Waals surface area contributed by atoms with Crippen LogP contribution in [0.3, 0.4) is 0 Å². The van der Waals surface area contributed by atoms with Gasteiger partial charge in [0.25, 0.3) is 0 Å². The van der Waals surface area contributed by atoms with Gasteiger partial charge in [0.2, 0.25) is 0 Å². The SMILES string of the molecule is NC(C(=O)O)[C@@H](O)[C@H](O)[C@H](O)CO. The van der Waals surface area contributed by atoms with Crippen LogP contribution in [0.15, 0.2) is 0 Å². The predicted octanol–water partition coefficient (Wildman–Crippen LogP) is -3.53. The molecule has 0 aromatic carbocycles. The standard InChI is InChI=1S/C6H13NO6/c7-3(6(12)13)5(11)4(10)2(9)1-8/h2-5,8-11H,1,7H2,(H,12,13)/t2-,3?,4-,5-/m1/s1. The van der Waals surface area contributed by atoms with E-state index < -0.39 is 36.9 Å². The number of aliphatic hydroxyl groups is 4. The molecule has 0 amide bonds. The molecule has 7 nitrogen and oxygen atoms in total. The van der Waals surface area contributed by atoms with Crippen LogP contribution in [0.4, 0.5) is 0 Å². The molecule has 4 atom stereocenters. The monoisotopic (exact) mass is 195 g/mol. The van der Waals surface area contributed by atoms with Crippen molar-refractivity contribution in [1.29, 1.82) is 0 Å². The van der Waals surface area contributed by atoms with Gasteiger partial charge in [-0.1, -0.05) is 0 Å². The quantitative estimate of drug-likeness (QED) is 0.266. The second-order valence-electron chi connectivity index (χ2n) is 2.60. The van der Waals surface area contributed by atoms with Crippen molar-refractivity contribution < 1.29 is 30.3 Å². The molecule has 0 rings (SSSR count). The van der Waals surface area contributed by atoms with E-state index in [2.05, 4.69) is 0 Å². The summed E-state index contributed by atoms with van der Waals surface area (Å²) >= 11 is 0. The fourth-order valence-corrected chi connectivity index (χ4v) is 0.694. The van der Waals surface area contributed by atoms with E-state index in [1.54, 1.807) is 0 Å². The van der Waals surface area contributed by atoms with Crippen molar-refractivity contribution in [1.82, 2.24) is 0 Å². The molecule has 13 heavy (non-hydrogen) atoms. The molecule has 0 saturated carbocycles. The zero-order valence-corrected chi connectivity index (χ0v) is 6.74. The van der Waals surface area contributed by atoms with E-state index in [-0.39, 0.29) is 0 Å². The largest absolute Gasteiger partial charge is 0.480 e. The van der Waals surface area contributed by atoms with Crippen LogP contribution in [0.1, 0.15) is 0 Å². The number of carboxylic acid groups (broad SMARTS) is 1. The fraction of sp³-hybridized carbons (Fsp3) is 0.833. The van der Waals surface area contributed by atoms with Crippen LogP contribution < -0.4 is 5.73 Å². The minimum absolute atomic E-state index is 0.787. The van der Waals surface area contributed by atoms with Crippen LogP contribution in [0.2, 0.25) is 0 Å². The van der Waals surface area contributed by atoms with Gasteiger partial charge in [-0.15, -0.1) is 0 Å². The van der Waals surface area contributed by atoms with E-state index >= 15 is 0 Å². The van der Waals surface area contributed by atoms with E-state index in [1.807, 2.05) is 0 Å². The summed E-state index contributed by atoms with van der Waals surface area (Å²) in [7, 11) is 0. The molecule has 7 heteroatoms. The lowest BCUT2D eigenvalue weighted by molar-refractivity contribution is -0.146. The zero-order valence-electron chi connectivity index (χ0n) is 6.74. The third-order valence-electron chi connectivity index (χ3n) is 1.58. The fourth-order valence-electron chi connectivity index (χ4n) is 0.694. The van der Waals surface area contributed by atoms with Gasteiger partial charge >= 0.3 is 5.97 Å². The minimum Gasteiger partial charge on any atom is -0.480 e. The molecule has 0 aliphatic carbocycles. The Kier molecular flexibility index (Phi) is 4.81. The number of carbonyl (C=O) groups is 1. The van der Waals surface area contributed by atoms with Crippen molar-refractivity contribution in [3.05, 3.63) is 0 Å². The first-order chi connectivity index (χ1) is 5.91. The summed E-state index contributed by atoms with van der Waals surface area (Å²) in [5.74, 6) is -1.50. The van der Waals surface area contributed by atoms with Crippen LogP contribution in [-0.2, 0) is 4.79 Å². The molecule has 0 spiro atoms. The Balaban J connectivity index is 4.24. The maximum Gasteiger partial charge on any atom is 0.323 e. The normalized spacial score (nSPS) is 20.4. The molecule has 0 aliphatic rings. The van der Waals surface area contributed by atoms with E-state index in [1.165, 1.54) is 0 Å². The highest BCUT2D eigenvalue weighted by molar-refractivity contribution is 5.74. The summed E-state index contributed by atoms with van der Waals surface area (Å²) in [5, 5.41) is 43.5. The summed E-state index contributed by atoms with van der Waals surface area (Å²) in [6.45, 7) is -0.787. The molecular formula is C6H13NO6. The molecule has 7 N–H and O–H groups in total. The van der Waals surface area contributed by atoms with Gasteiger partial charge in [-0.25, -0.2) is 0 Å². The molecule has 78 valence electrons. The van der Waals surface area contributed by atoms with Crippen LogP contribution in [0, 0.1) is 0 Å². The summed E-state index contributed by atoms with van der Waals surface area (Å²) in [5.41, 5.74) is 4.95. The third-order valence-corrected chi connectivity index (χ3v) is 1.58. The zero-order chi connectivity index (χ0) is 10.6. The molecular weight excluding hydrogens is 182 g/mol. The van der Waals surface area contributed by atoms with Crippen molar-refractivity contribution in [2.24, 2.45) is 5.73 Å². The number of nitrogens with two attached hydrogens (primary N) is 1. The van der Waals surface area contributed by atoms with Gasteiger partial charge in [0.15, 0.2) is 0 Å². The molecule has 0 aromatic rings. The maximum atomic E-state index is 10.2. The first-order valence-corrected chi connectivity index (χ1v) is 3.55. The van der Waals surface area contributed by atoms with Crippen LogP contribution in [0.25, 0.3) is 0 Å². The van der Waals surface area contributed by atoms with Gasteiger partial charge in [0, 0.05) is 0 Å². The average Bonchev–Trinajstić information content (AvgIpc) is 2.12. The number of rotatable bonds is 5. The highest BCUT2D eigenvalue weighted by Gasteiger charge is 2.32. The van der Waals surface area contributed by atoms with Crippen molar-refractivity contribution in [2.45, 2.75) is 24.4 Å². The van der Waals surface area contributed by atoms with Gasteiger partial charge in [-0.3, -0.25) is 4.79 Å². The second kappa shape index (κ2) is 5.10. The minimum atomic E-state index is -1.82. The smallest absolute Gasteiger partial charge is 0.323 e.